The van der Waals surface area contributed by atoms with Crippen molar-refractivity contribution in [3.05, 3.63) is 24.2 Å². The SMILES string of the molecule is O=C(CF)c1ccco1. The van der Waals surface area contributed by atoms with Gasteiger partial charge in [-0.25, -0.2) is 4.39 Å². The summed E-state index contributed by atoms with van der Waals surface area (Å²) in [4.78, 5) is 10.4. The summed E-state index contributed by atoms with van der Waals surface area (Å²) >= 11 is 0. The van der Waals surface area contributed by atoms with Crippen LogP contribution in [-0.2, 0) is 0 Å². The summed E-state index contributed by atoms with van der Waals surface area (Å²) in [6.45, 7) is -0.993. The highest BCUT2D eigenvalue weighted by atomic mass is 19.1. The molecule has 0 saturated carbocycles. The minimum absolute atomic E-state index is 0.0810. The number of ketones is 1. The average molecular weight is 128 g/mol. The van der Waals surface area contributed by atoms with Crippen LogP contribution in [0, 0.1) is 0 Å². The van der Waals surface area contributed by atoms with E-state index in [1.165, 1.54) is 12.3 Å². The molecule has 0 spiro atoms. The summed E-state index contributed by atoms with van der Waals surface area (Å²) in [6, 6.07) is 2.98. The summed E-state index contributed by atoms with van der Waals surface area (Å²) in [5.41, 5.74) is 0. The summed E-state index contributed by atoms with van der Waals surface area (Å²) in [7, 11) is 0. The van der Waals surface area contributed by atoms with Crippen LogP contribution in [0.5, 0.6) is 0 Å². The van der Waals surface area contributed by atoms with Crippen molar-refractivity contribution in [3.63, 3.8) is 0 Å². The zero-order valence-electron chi connectivity index (χ0n) is 4.63. The lowest BCUT2D eigenvalue weighted by Crippen LogP contribution is -1.97. The molecule has 1 heterocycles. The Morgan fingerprint density at radius 2 is 2.56 bits per heavy atom. The fourth-order valence-corrected chi connectivity index (χ4v) is 0.503. The Morgan fingerprint density at radius 1 is 1.78 bits per heavy atom. The van der Waals surface area contributed by atoms with Crippen LogP contribution in [0.3, 0.4) is 0 Å². The van der Waals surface area contributed by atoms with Crippen LogP contribution in [0.15, 0.2) is 22.8 Å². The Labute approximate surface area is 51.3 Å². The molecular weight excluding hydrogens is 123 g/mol. The lowest BCUT2D eigenvalue weighted by molar-refractivity contribution is 0.0931. The maximum atomic E-state index is 11.5. The van der Waals surface area contributed by atoms with Crippen molar-refractivity contribution >= 4 is 5.78 Å². The van der Waals surface area contributed by atoms with E-state index in [0.717, 1.165) is 0 Å². The number of carbonyl (C=O) groups excluding carboxylic acids is 1. The highest BCUT2D eigenvalue weighted by Gasteiger charge is 2.05. The third kappa shape index (κ3) is 1.16. The minimum atomic E-state index is -0.993. The zero-order valence-corrected chi connectivity index (χ0v) is 4.63. The largest absolute Gasteiger partial charge is 0.461 e. The fraction of sp³-hybridized carbons (Fsp3) is 0.167. The summed E-state index contributed by atoms with van der Waals surface area (Å²) in [6.07, 6.45) is 1.34. The molecule has 9 heavy (non-hydrogen) atoms. The molecule has 1 rings (SSSR count). The molecule has 0 unspecified atom stereocenters. The quantitative estimate of drug-likeness (QED) is 0.564. The number of alkyl halides is 1. The number of Topliss-reactive ketones (excluding diaryl/α,β-unsaturated/α-hetero) is 1. The number of rotatable bonds is 2. The van der Waals surface area contributed by atoms with E-state index in [4.69, 9.17) is 0 Å². The van der Waals surface area contributed by atoms with Gasteiger partial charge in [0.25, 0.3) is 0 Å². The van der Waals surface area contributed by atoms with E-state index in [9.17, 15) is 9.18 Å². The first-order chi connectivity index (χ1) is 4.34. The molecule has 2 nitrogen and oxygen atoms in total. The topological polar surface area (TPSA) is 30.2 Å². The van der Waals surface area contributed by atoms with Crippen LogP contribution in [0.4, 0.5) is 4.39 Å². The second kappa shape index (κ2) is 2.44. The van der Waals surface area contributed by atoms with E-state index in [1.54, 1.807) is 6.07 Å². The van der Waals surface area contributed by atoms with Gasteiger partial charge in [0.2, 0.25) is 5.78 Å². The molecule has 0 atom stereocenters. The van der Waals surface area contributed by atoms with Crippen LogP contribution in [0.25, 0.3) is 0 Å². The van der Waals surface area contributed by atoms with Crippen LogP contribution in [0.2, 0.25) is 0 Å². The molecule has 3 heteroatoms. The molecule has 0 aliphatic carbocycles. The normalized spacial score (nSPS) is 9.44. The molecule has 0 aromatic carbocycles. The minimum Gasteiger partial charge on any atom is -0.461 e. The monoisotopic (exact) mass is 128 g/mol. The number of carbonyl (C=O) groups is 1. The van der Waals surface area contributed by atoms with Gasteiger partial charge < -0.3 is 4.42 Å². The van der Waals surface area contributed by atoms with E-state index in [1.807, 2.05) is 0 Å². The van der Waals surface area contributed by atoms with Gasteiger partial charge in [-0.1, -0.05) is 0 Å². The van der Waals surface area contributed by atoms with E-state index in [-0.39, 0.29) is 5.76 Å². The summed E-state index contributed by atoms with van der Waals surface area (Å²) in [5.74, 6) is -0.530. The third-order valence-corrected chi connectivity index (χ3v) is 0.917. The van der Waals surface area contributed by atoms with Crippen LogP contribution in [0.1, 0.15) is 10.6 Å². The molecule has 0 saturated heterocycles. The standard InChI is InChI=1S/C6H5FO2/c7-4-5(8)6-2-1-3-9-6/h1-3H,4H2. The lowest BCUT2D eigenvalue weighted by atomic mass is 10.3. The number of furan rings is 1. The van der Waals surface area contributed by atoms with E-state index >= 15 is 0 Å². The first-order valence-electron chi connectivity index (χ1n) is 2.47. The molecule has 1 aromatic heterocycles. The molecule has 0 bridgehead atoms. The van der Waals surface area contributed by atoms with Crippen molar-refractivity contribution in [2.24, 2.45) is 0 Å². The van der Waals surface area contributed by atoms with Crippen molar-refractivity contribution in [3.8, 4) is 0 Å². The maximum absolute atomic E-state index is 11.5. The predicted molar refractivity (Wildman–Crippen MR) is 29.0 cm³/mol. The highest BCUT2D eigenvalue weighted by molar-refractivity contribution is 5.94. The fourth-order valence-electron chi connectivity index (χ4n) is 0.503. The number of hydrogen-bond acceptors (Lipinski definition) is 2. The van der Waals surface area contributed by atoms with Crippen molar-refractivity contribution in [2.45, 2.75) is 0 Å². The lowest BCUT2D eigenvalue weighted by Gasteiger charge is -1.84. The number of hydrogen-bond donors (Lipinski definition) is 0. The van der Waals surface area contributed by atoms with E-state index in [0.29, 0.717) is 0 Å². The molecule has 0 aliphatic rings. The van der Waals surface area contributed by atoms with Crippen molar-refractivity contribution in [2.75, 3.05) is 6.67 Å². The first-order valence-corrected chi connectivity index (χ1v) is 2.47. The average Bonchev–Trinajstić information content (AvgIpc) is 2.37. The molecular formula is C6H5FO2. The smallest absolute Gasteiger partial charge is 0.228 e. The third-order valence-electron chi connectivity index (χ3n) is 0.917. The molecule has 1 aromatic rings. The van der Waals surface area contributed by atoms with Crippen molar-refractivity contribution in [1.82, 2.24) is 0 Å². The Balaban J connectivity index is 2.77. The molecule has 0 aliphatic heterocycles. The molecule has 0 N–H and O–H groups in total. The van der Waals surface area contributed by atoms with Gasteiger partial charge in [-0.3, -0.25) is 4.79 Å². The van der Waals surface area contributed by atoms with Crippen LogP contribution >= 0.6 is 0 Å². The van der Waals surface area contributed by atoms with Crippen molar-refractivity contribution < 1.29 is 13.6 Å². The molecule has 48 valence electrons. The van der Waals surface area contributed by atoms with E-state index in [2.05, 4.69) is 4.42 Å². The van der Waals surface area contributed by atoms with Crippen LogP contribution in [-0.4, -0.2) is 12.5 Å². The van der Waals surface area contributed by atoms with Crippen molar-refractivity contribution in [1.29, 1.82) is 0 Å². The van der Waals surface area contributed by atoms with Gasteiger partial charge in [-0.05, 0) is 12.1 Å². The van der Waals surface area contributed by atoms with E-state index < -0.39 is 12.5 Å². The zero-order chi connectivity index (χ0) is 6.69. The van der Waals surface area contributed by atoms with Gasteiger partial charge in [0.15, 0.2) is 12.4 Å². The summed E-state index contributed by atoms with van der Waals surface area (Å²) < 4.78 is 16.1. The van der Waals surface area contributed by atoms with Crippen LogP contribution < -0.4 is 0 Å². The van der Waals surface area contributed by atoms with Gasteiger partial charge >= 0.3 is 0 Å². The Kier molecular flexibility index (Phi) is 1.63. The Hall–Kier alpha value is -1.12. The molecule has 0 fully saturated rings. The second-order valence-electron chi connectivity index (χ2n) is 1.53. The molecule has 0 radical (unpaired) electrons. The Morgan fingerprint density at radius 3 is 3.00 bits per heavy atom. The second-order valence-corrected chi connectivity index (χ2v) is 1.53. The van der Waals surface area contributed by atoms with Gasteiger partial charge in [0, 0.05) is 0 Å². The maximum Gasteiger partial charge on any atom is 0.228 e. The van der Waals surface area contributed by atoms with Gasteiger partial charge in [-0.2, -0.15) is 0 Å². The Bertz CT molecular complexity index is 191. The van der Waals surface area contributed by atoms with Gasteiger partial charge in [-0.15, -0.1) is 0 Å². The summed E-state index contributed by atoms with van der Waals surface area (Å²) in [5, 5.41) is 0. The highest BCUT2D eigenvalue weighted by Crippen LogP contribution is 2.00. The van der Waals surface area contributed by atoms with Gasteiger partial charge in [0.05, 0.1) is 6.26 Å². The first kappa shape index (κ1) is 6.01. The molecule has 0 amide bonds. The number of halogens is 1. The predicted octanol–water partition coefficient (Wildman–Crippen LogP) is 1.43. The van der Waals surface area contributed by atoms with Gasteiger partial charge in [0.1, 0.15) is 0 Å².